The van der Waals surface area contributed by atoms with Gasteiger partial charge in [-0.3, -0.25) is 4.90 Å². The van der Waals surface area contributed by atoms with Gasteiger partial charge in [0.25, 0.3) is 0 Å². The van der Waals surface area contributed by atoms with Crippen LogP contribution in [0.15, 0.2) is 29.2 Å². The molecule has 1 saturated heterocycles. The maximum absolute atomic E-state index is 12.2. The van der Waals surface area contributed by atoms with E-state index in [9.17, 15) is 8.42 Å². The van der Waals surface area contributed by atoms with Crippen molar-refractivity contribution in [2.75, 3.05) is 27.2 Å². The molecule has 0 radical (unpaired) electrons. The molecule has 0 amide bonds. The molecule has 1 fully saturated rings. The SMILES string of the molecule is CC1CCN(Cc2cccc(S(=O)(=O)N(C)C)c2)CC1N. The second-order valence-electron chi connectivity index (χ2n) is 6.10. The van der Waals surface area contributed by atoms with Crippen LogP contribution in [0.1, 0.15) is 18.9 Å². The molecule has 1 aliphatic heterocycles. The van der Waals surface area contributed by atoms with Crippen molar-refractivity contribution in [3.05, 3.63) is 29.8 Å². The normalized spacial score (nSPS) is 24.4. The van der Waals surface area contributed by atoms with Gasteiger partial charge < -0.3 is 5.73 Å². The van der Waals surface area contributed by atoms with Gasteiger partial charge in [-0.15, -0.1) is 0 Å². The standard InChI is InChI=1S/C15H25N3O2S/c1-12-7-8-18(11-15(12)16)10-13-5-4-6-14(9-13)21(19,20)17(2)3/h4-6,9,12,15H,7-8,10-11,16H2,1-3H3. The van der Waals surface area contributed by atoms with Gasteiger partial charge >= 0.3 is 0 Å². The molecule has 1 aromatic carbocycles. The van der Waals surface area contributed by atoms with Crippen molar-refractivity contribution in [3.8, 4) is 0 Å². The third kappa shape index (κ3) is 3.83. The minimum Gasteiger partial charge on any atom is -0.326 e. The number of hydrogen-bond donors (Lipinski definition) is 1. The van der Waals surface area contributed by atoms with Crippen LogP contribution >= 0.6 is 0 Å². The summed E-state index contributed by atoms with van der Waals surface area (Å²) in [7, 11) is -0.272. The zero-order chi connectivity index (χ0) is 15.6. The summed E-state index contributed by atoms with van der Waals surface area (Å²) < 4.78 is 25.6. The zero-order valence-electron chi connectivity index (χ0n) is 13.0. The Kier molecular flexibility index (Phi) is 5.03. The van der Waals surface area contributed by atoms with E-state index in [-0.39, 0.29) is 6.04 Å². The molecule has 0 saturated carbocycles. The maximum atomic E-state index is 12.2. The Bertz CT molecular complexity index is 586. The number of rotatable bonds is 4. The molecule has 1 aromatic rings. The van der Waals surface area contributed by atoms with Crippen LogP contribution < -0.4 is 5.73 Å². The molecule has 21 heavy (non-hydrogen) atoms. The van der Waals surface area contributed by atoms with Crippen LogP contribution in [0, 0.1) is 5.92 Å². The van der Waals surface area contributed by atoms with E-state index in [1.165, 1.54) is 4.31 Å². The molecule has 118 valence electrons. The Morgan fingerprint density at radius 2 is 2.10 bits per heavy atom. The molecule has 0 aromatic heterocycles. The smallest absolute Gasteiger partial charge is 0.242 e. The van der Waals surface area contributed by atoms with Gasteiger partial charge in [-0.05, 0) is 36.6 Å². The number of benzene rings is 1. The van der Waals surface area contributed by atoms with E-state index in [1.807, 2.05) is 6.07 Å². The number of piperidine rings is 1. The number of nitrogens with zero attached hydrogens (tertiary/aromatic N) is 2. The first-order valence-electron chi connectivity index (χ1n) is 7.30. The maximum Gasteiger partial charge on any atom is 0.242 e. The second kappa shape index (κ2) is 6.44. The summed E-state index contributed by atoms with van der Waals surface area (Å²) in [5.41, 5.74) is 7.13. The fourth-order valence-corrected chi connectivity index (χ4v) is 3.56. The molecule has 0 bridgehead atoms. The monoisotopic (exact) mass is 311 g/mol. The molecule has 0 spiro atoms. The second-order valence-corrected chi connectivity index (χ2v) is 8.25. The molecular weight excluding hydrogens is 286 g/mol. The van der Waals surface area contributed by atoms with Crippen molar-refractivity contribution in [1.29, 1.82) is 0 Å². The van der Waals surface area contributed by atoms with Gasteiger partial charge in [0.05, 0.1) is 4.90 Å². The molecule has 5 nitrogen and oxygen atoms in total. The average molecular weight is 311 g/mol. The van der Waals surface area contributed by atoms with Crippen molar-refractivity contribution < 1.29 is 8.42 Å². The van der Waals surface area contributed by atoms with Crippen molar-refractivity contribution in [2.45, 2.75) is 30.8 Å². The van der Waals surface area contributed by atoms with Gasteiger partial charge in [0.2, 0.25) is 10.0 Å². The summed E-state index contributed by atoms with van der Waals surface area (Å²) in [4.78, 5) is 2.64. The van der Waals surface area contributed by atoms with Crippen LogP contribution in [0.25, 0.3) is 0 Å². The molecule has 1 heterocycles. The Balaban J connectivity index is 2.12. The summed E-state index contributed by atoms with van der Waals surface area (Å²) in [5.74, 6) is 0.557. The van der Waals surface area contributed by atoms with Crippen molar-refractivity contribution >= 4 is 10.0 Å². The van der Waals surface area contributed by atoms with Gasteiger partial charge in [0.1, 0.15) is 0 Å². The summed E-state index contributed by atoms with van der Waals surface area (Å²) in [6.07, 6.45) is 1.09. The van der Waals surface area contributed by atoms with E-state index in [1.54, 1.807) is 32.3 Å². The van der Waals surface area contributed by atoms with E-state index in [4.69, 9.17) is 5.73 Å². The first-order valence-corrected chi connectivity index (χ1v) is 8.74. The molecule has 2 rings (SSSR count). The van der Waals surface area contributed by atoms with Gasteiger partial charge in [-0.1, -0.05) is 19.1 Å². The van der Waals surface area contributed by atoms with Crippen LogP contribution in [-0.4, -0.2) is 50.8 Å². The zero-order valence-corrected chi connectivity index (χ0v) is 13.8. The highest BCUT2D eigenvalue weighted by Gasteiger charge is 2.23. The van der Waals surface area contributed by atoms with E-state index >= 15 is 0 Å². The van der Waals surface area contributed by atoms with Crippen molar-refractivity contribution in [3.63, 3.8) is 0 Å². The Labute approximate surface area is 127 Å². The first kappa shape index (κ1) is 16.4. The Hall–Kier alpha value is -0.950. The highest BCUT2D eigenvalue weighted by Crippen LogP contribution is 2.20. The summed E-state index contributed by atoms with van der Waals surface area (Å²) in [6, 6.07) is 7.38. The minimum absolute atomic E-state index is 0.201. The molecule has 2 unspecified atom stereocenters. The fraction of sp³-hybridized carbons (Fsp3) is 0.600. The third-order valence-corrected chi connectivity index (χ3v) is 5.99. The van der Waals surface area contributed by atoms with Gasteiger partial charge in [0, 0.05) is 33.2 Å². The van der Waals surface area contributed by atoms with E-state index < -0.39 is 10.0 Å². The molecule has 1 aliphatic rings. The van der Waals surface area contributed by atoms with E-state index in [2.05, 4.69) is 11.8 Å². The summed E-state index contributed by atoms with van der Waals surface area (Å²) in [6.45, 7) is 4.81. The molecular formula is C15H25N3O2S. The molecule has 2 N–H and O–H groups in total. The van der Waals surface area contributed by atoms with Gasteiger partial charge in [-0.25, -0.2) is 12.7 Å². The van der Waals surface area contributed by atoms with Gasteiger partial charge in [0.15, 0.2) is 0 Å². The number of likely N-dealkylation sites (tertiary alicyclic amines) is 1. The number of nitrogens with two attached hydrogens (primary N) is 1. The van der Waals surface area contributed by atoms with Crippen LogP contribution in [0.4, 0.5) is 0 Å². The van der Waals surface area contributed by atoms with Gasteiger partial charge in [-0.2, -0.15) is 0 Å². The third-order valence-electron chi connectivity index (χ3n) is 4.18. The number of sulfonamides is 1. The highest BCUT2D eigenvalue weighted by molar-refractivity contribution is 7.89. The lowest BCUT2D eigenvalue weighted by Crippen LogP contribution is -2.47. The Morgan fingerprint density at radius 3 is 2.71 bits per heavy atom. The molecule has 2 atom stereocenters. The van der Waals surface area contributed by atoms with E-state index in [0.29, 0.717) is 10.8 Å². The van der Waals surface area contributed by atoms with Crippen LogP contribution in [-0.2, 0) is 16.6 Å². The van der Waals surface area contributed by atoms with Crippen LogP contribution in [0.3, 0.4) is 0 Å². The highest BCUT2D eigenvalue weighted by atomic mass is 32.2. The minimum atomic E-state index is -3.37. The van der Waals surface area contributed by atoms with Crippen LogP contribution in [0.2, 0.25) is 0 Å². The average Bonchev–Trinajstić information content (AvgIpc) is 2.43. The molecule has 0 aliphatic carbocycles. The first-order chi connectivity index (χ1) is 9.80. The Morgan fingerprint density at radius 1 is 1.38 bits per heavy atom. The lowest BCUT2D eigenvalue weighted by molar-refractivity contribution is 0.162. The number of hydrogen-bond acceptors (Lipinski definition) is 4. The predicted octanol–water partition coefficient (Wildman–Crippen LogP) is 1.11. The van der Waals surface area contributed by atoms with Crippen molar-refractivity contribution in [2.24, 2.45) is 11.7 Å². The largest absolute Gasteiger partial charge is 0.326 e. The summed E-state index contributed by atoms with van der Waals surface area (Å²) in [5, 5.41) is 0. The van der Waals surface area contributed by atoms with E-state index in [0.717, 1.165) is 31.6 Å². The quantitative estimate of drug-likeness (QED) is 0.904. The lowest BCUT2D eigenvalue weighted by Gasteiger charge is -2.35. The lowest BCUT2D eigenvalue weighted by atomic mass is 9.94. The van der Waals surface area contributed by atoms with Crippen LogP contribution in [0.5, 0.6) is 0 Å². The summed E-state index contributed by atoms with van der Waals surface area (Å²) >= 11 is 0. The predicted molar refractivity (Wildman–Crippen MR) is 84.3 cm³/mol. The fourth-order valence-electron chi connectivity index (χ4n) is 2.59. The van der Waals surface area contributed by atoms with Crippen molar-refractivity contribution in [1.82, 2.24) is 9.21 Å². The molecule has 6 heteroatoms. The topological polar surface area (TPSA) is 66.6 Å².